The van der Waals surface area contributed by atoms with Crippen molar-refractivity contribution in [1.29, 1.82) is 0 Å². The number of aromatic nitrogens is 2. The molecule has 94 valence electrons. The maximum Gasteiger partial charge on any atom is 0.261 e. The molecule has 1 heterocycles. The van der Waals surface area contributed by atoms with E-state index >= 15 is 0 Å². The molecule has 7 heteroatoms. The van der Waals surface area contributed by atoms with E-state index in [2.05, 4.69) is 26.3 Å². The van der Waals surface area contributed by atoms with Gasteiger partial charge in [-0.3, -0.25) is 9.48 Å². The predicted octanol–water partition coefficient (Wildman–Crippen LogP) is 2.71. The molecule has 18 heavy (non-hydrogen) atoms. The first-order chi connectivity index (χ1) is 8.47. The quantitative estimate of drug-likeness (QED) is 0.926. The van der Waals surface area contributed by atoms with Crippen LogP contribution in [-0.4, -0.2) is 15.7 Å². The number of aryl methyl sites for hydroxylation is 1. The highest BCUT2D eigenvalue weighted by atomic mass is 79.9. The zero-order valence-electron chi connectivity index (χ0n) is 9.25. The summed E-state index contributed by atoms with van der Waals surface area (Å²) in [5, 5.41) is 6.19. The molecule has 0 radical (unpaired) electrons. The molecule has 1 aromatic carbocycles. The molecule has 1 aromatic heterocycles. The van der Waals surface area contributed by atoms with Gasteiger partial charge in [-0.1, -0.05) is 15.9 Å². The number of carbonyl (C=O) groups excluding carboxylic acids is 1. The molecular weight excluding hydrogens is 308 g/mol. The molecule has 0 spiro atoms. The average molecular weight is 316 g/mol. The highest BCUT2D eigenvalue weighted by molar-refractivity contribution is 9.10. The molecule has 0 aliphatic heterocycles. The van der Waals surface area contributed by atoms with E-state index in [0.29, 0.717) is 5.69 Å². The van der Waals surface area contributed by atoms with Crippen molar-refractivity contribution in [1.82, 2.24) is 9.78 Å². The lowest BCUT2D eigenvalue weighted by Gasteiger charge is -2.05. The van der Waals surface area contributed by atoms with Crippen LogP contribution in [0.25, 0.3) is 0 Å². The Bertz CT molecular complexity index is 589. The Hall–Kier alpha value is -1.76. The lowest BCUT2D eigenvalue weighted by atomic mass is 10.2. The van der Waals surface area contributed by atoms with Gasteiger partial charge in [0.2, 0.25) is 0 Å². The van der Waals surface area contributed by atoms with Crippen molar-refractivity contribution in [3.63, 3.8) is 0 Å². The summed E-state index contributed by atoms with van der Waals surface area (Å²) in [6.45, 7) is 0. The molecule has 0 unspecified atom stereocenters. The zero-order chi connectivity index (χ0) is 13.3. The summed E-state index contributed by atoms with van der Waals surface area (Å²) >= 11 is 2.94. The number of amides is 1. The fourth-order valence-electron chi connectivity index (χ4n) is 1.44. The molecule has 0 atom stereocenters. The first-order valence-corrected chi connectivity index (χ1v) is 5.71. The average Bonchev–Trinajstić information content (AvgIpc) is 2.62. The number of halogens is 3. The summed E-state index contributed by atoms with van der Waals surface area (Å²) in [6.07, 6.45) is 2.90. The molecule has 0 saturated carbocycles. The number of carbonyl (C=O) groups is 1. The second-order valence-electron chi connectivity index (χ2n) is 3.60. The van der Waals surface area contributed by atoms with Crippen LogP contribution in [0, 0.1) is 11.6 Å². The van der Waals surface area contributed by atoms with E-state index in [1.165, 1.54) is 17.1 Å². The van der Waals surface area contributed by atoms with Gasteiger partial charge in [0.05, 0.1) is 11.9 Å². The van der Waals surface area contributed by atoms with Crippen molar-refractivity contribution in [3.05, 3.63) is 46.2 Å². The second-order valence-corrected chi connectivity index (χ2v) is 4.52. The Morgan fingerprint density at radius 1 is 1.39 bits per heavy atom. The third-order valence-electron chi connectivity index (χ3n) is 2.20. The monoisotopic (exact) mass is 315 g/mol. The van der Waals surface area contributed by atoms with E-state index in [0.717, 1.165) is 12.1 Å². The van der Waals surface area contributed by atoms with Gasteiger partial charge < -0.3 is 5.32 Å². The molecule has 1 amide bonds. The van der Waals surface area contributed by atoms with Crippen molar-refractivity contribution in [2.45, 2.75) is 0 Å². The van der Waals surface area contributed by atoms with Gasteiger partial charge in [-0.05, 0) is 12.1 Å². The smallest absolute Gasteiger partial charge is 0.261 e. The predicted molar refractivity (Wildman–Crippen MR) is 65.2 cm³/mol. The van der Waals surface area contributed by atoms with Gasteiger partial charge in [-0.15, -0.1) is 0 Å². The van der Waals surface area contributed by atoms with Gasteiger partial charge in [-0.25, -0.2) is 8.78 Å². The van der Waals surface area contributed by atoms with Crippen LogP contribution >= 0.6 is 15.9 Å². The number of nitrogens with zero attached hydrogens (tertiary/aromatic N) is 2. The Labute approximate surface area is 110 Å². The van der Waals surface area contributed by atoms with E-state index in [1.54, 1.807) is 7.05 Å². The minimum Gasteiger partial charge on any atom is -0.319 e. The van der Waals surface area contributed by atoms with E-state index in [1.807, 2.05) is 0 Å². The summed E-state index contributed by atoms with van der Waals surface area (Å²) in [5.74, 6) is -2.71. The van der Waals surface area contributed by atoms with Crippen LogP contribution < -0.4 is 5.32 Å². The molecule has 0 saturated heterocycles. The van der Waals surface area contributed by atoms with Crippen LogP contribution in [0.3, 0.4) is 0 Å². The Balaban J connectivity index is 2.29. The molecule has 2 rings (SSSR count). The van der Waals surface area contributed by atoms with Crippen molar-refractivity contribution in [2.75, 3.05) is 5.32 Å². The highest BCUT2D eigenvalue weighted by Crippen LogP contribution is 2.20. The fourth-order valence-corrected chi connectivity index (χ4v) is 1.84. The largest absolute Gasteiger partial charge is 0.319 e. The maximum atomic E-state index is 13.5. The van der Waals surface area contributed by atoms with E-state index in [4.69, 9.17) is 0 Å². The molecule has 4 nitrogen and oxygen atoms in total. The summed E-state index contributed by atoms with van der Waals surface area (Å²) in [6, 6.07) is 2.06. The Kier molecular flexibility index (Phi) is 3.42. The lowest BCUT2D eigenvalue weighted by Crippen LogP contribution is -2.15. The van der Waals surface area contributed by atoms with Gasteiger partial charge >= 0.3 is 0 Å². The number of hydrogen-bond acceptors (Lipinski definition) is 2. The maximum absolute atomic E-state index is 13.5. The minimum absolute atomic E-state index is 0.232. The standard InChI is InChI=1S/C11H8BrF2N3O/c1-17-5-7(4-15-17)16-11(18)10-8(13)2-6(12)3-9(10)14/h2-5H,1H3,(H,16,18). The third-order valence-corrected chi connectivity index (χ3v) is 2.65. The van der Waals surface area contributed by atoms with Crippen LogP contribution in [0.15, 0.2) is 29.0 Å². The zero-order valence-corrected chi connectivity index (χ0v) is 10.8. The molecule has 1 N–H and O–H groups in total. The van der Waals surface area contributed by atoms with E-state index in [9.17, 15) is 13.6 Å². The number of benzene rings is 1. The van der Waals surface area contributed by atoms with E-state index in [-0.39, 0.29) is 4.47 Å². The van der Waals surface area contributed by atoms with Crippen LogP contribution in [0.4, 0.5) is 14.5 Å². The molecule has 0 aliphatic carbocycles. The van der Waals surface area contributed by atoms with Crippen LogP contribution in [0.2, 0.25) is 0 Å². The normalized spacial score (nSPS) is 10.4. The summed E-state index contributed by atoms with van der Waals surface area (Å²) in [7, 11) is 1.66. The number of hydrogen-bond donors (Lipinski definition) is 1. The van der Waals surface area contributed by atoms with E-state index < -0.39 is 23.1 Å². The van der Waals surface area contributed by atoms with Crippen LogP contribution in [-0.2, 0) is 7.05 Å². The molecule has 0 bridgehead atoms. The van der Waals surface area contributed by atoms with Gasteiger partial charge in [0.25, 0.3) is 5.91 Å². The van der Waals surface area contributed by atoms with Gasteiger partial charge in [0.1, 0.15) is 17.2 Å². The van der Waals surface area contributed by atoms with Crippen molar-refractivity contribution >= 4 is 27.5 Å². The van der Waals surface area contributed by atoms with Crippen molar-refractivity contribution in [3.8, 4) is 0 Å². The first-order valence-electron chi connectivity index (χ1n) is 4.92. The number of nitrogens with one attached hydrogen (secondary N) is 1. The molecule has 0 aliphatic rings. The van der Waals surface area contributed by atoms with Gasteiger partial charge in [-0.2, -0.15) is 5.10 Å². The van der Waals surface area contributed by atoms with Crippen LogP contribution in [0.5, 0.6) is 0 Å². The molecule has 0 fully saturated rings. The molecule has 2 aromatic rings. The van der Waals surface area contributed by atoms with Crippen LogP contribution in [0.1, 0.15) is 10.4 Å². The number of anilines is 1. The Morgan fingerprint density at radius 2 is 2.00 bits per heavy atom. The second kappa shape index (κ2) is 4.85. The van der Waals surface area contributed by atoms with Crippen molar-refractivity contribution < 1.29 is 13.6 Å². The summed E-state index contributed by atoms with van der Waals surface area (Å²) < 4.78 is 28.7. The first kappa shape index (κ1) is 12.7. The lowest BCUT2D eigenvalue weighted by molar-refractivity contribution is 0.101. The summed E-state index contributed by atoms with van der Waals surface area (Å²) in [4.78, 5) is 11.7. The van der Waals surface area contributed by atoms with Gasteiger partial charge in [0, 0.05) is 17.7 Å². The summed E-state index contributed by atoms with van der Waals surface area (Å²) in [5.41, 5.74) is -0.258. The third kappa shape index (κ3) is 2.56. The minimum atomic E-state index is -0.928. The highest BCUT2D eigenvalue weighted by Gasteiger charge is 2.18. The van der Waals surface area contributed by atoms with Crippen molar-refractivity contribution in [2.24, 2.45) is 7.05 Å². The van der Waals surface area contributed by atoms with Gasteiger partial charge in [0.15, 0.2) is 0 Å². The SMILES string of the molecule is Cn1cc(NC(=O)c2c(F)cc(Br)cc2F)cn1. The fraction of sp³-hybridized carbons (Fsp3) is 0.0909. The Morgan fingerprint density at radius 3 is 2.50 bits per heavy atom. The topological polar surface area (TPSA) is 46.9 Å². The molecular formula is C11H8BrF2N3O. The number of rotatable bonds is 2.